The topological polar surface area (TPSA) is 130 Å². The van der Waals surface area contributed by atoms with Gasteiger partial charge in [-0.2, -0.15) is 9.40 Å². The predicted molar refractivity (Wildman–Crippen MR) is 57.4 cm³/mol. The van der Waals surface area contributed by atoms with Crippen LogP contribution in [0, 0.1) is 0 Å². The Balaban J connectivity index is 3.10. The zero-order chi connectivity index (χ0) is 13.9. The first kappa shape index (κ1) is 14.1. The summed E-state index contributed by atoms with van der Waals surface area (Å²) < 4.78 is 28.9. The van der Waals surface area contributed by atoms with Gasteiger partial charge in [-0.1, -0.05) is 0 Å². The number of hydrogen-bond acceptors (Lipinski definition) is 6. The highest BCUT2D eigenvalue weighted by Gasteiger charge is 2.30. The molecule has 18 heavy (non-hydrogen) atoms. The number of H-pyrrole nitrogens is 1. The molecule has 0 saturated heterocycles. The van der Waals surface area contributed by atoms with E-state index < -0.39 is 39.1 Å². The van der Waals surface area contributed by atoms with Gasteiger partial charge >= 0.3 is 11.9 Å². The fourth-order valence-electron chi connectivity index (χ4n) is 1.11. The normalized spacial score (nSPS) is 11.5. The largest absolute Gasteiger partial charge is 0.478 e. The quantitative estimate of drug-likeness (QED) is 0.653. The molecule has 0 aliphatic rings. The summed E-state index contributed by atoms with van der Waals surface area (Å²) in [5.74, 6) is -2.20. The maximum atomic E-state index is 12.0. The summed E-state index contributed by atoms with van der Waals surface area (Å²) in [4.78, 5) is 21.8. The zero-order valence-corrected chi connectivity index (χ0v) is 10.4. The lowest BCUT2D eigenvalue weighted by Gasteiger charge is -2.14. The van der Waals surface area contributed by atoms with E-state index in [1.54, 1.807) is 0 Å². The number of carbonyl (C=O) groups excluding carboxylic acids is 1. The number of nitrogens with one attached hydrogen (secondary N) is 1. The number of methoxy groups -OCH3 is 1. The number of likely N-dealkylation sites (N-methyl/N-ethyl adjacent to an activating group) is 1. The third-order valence-electron chi connectivity index (χ3n) is 2.08. The van der Waals surface area contributed by atoms with Crippen LogP contribution in [0.25, 0.3) is 0 Å². The Hall–Kier alpha value is -1.94. The van der Waals surface area contributed by atoms with Crippen LogP contribution in [0.15, 0.2) is 11.2 Å². The smallest absolute Gasteiger partial charge is 0.340 e. The monoisotopic (exact) mass is 277 g/mol. The number of carboxylic acids is 1. The maximum absolute atomic E-state index is 12.0. The van der Waals surface area contributed by atoms with Gasteiger partial charge in [-0.3, -0.25) is 9.89 Å². The van der Waals surface area contributed by atoms with Crippen LogP contribution in [0.1, 0.15) is 10.4 Å². The molecule has 1 rings (SSSR count). The second-order valence-electron chi connectivity index (χ2n) is 3.26. The molecule has 0 aromatic carbocycles. The van der Waals surface area contributed by atoms with E-state index in [1.165, 1.54) is 0 Å². The molecule has 0 bridgehead atoms. The number of ether oxygens (including phenoxy) is 1. The van der Waals surface area contributed by atoms with Crippen molar-refractivity contribution in [2.45, 2.75) is 5.03 Å². The van der Waals surface area contributed by atoms with Crippen LogP contribution < -0.4 is 0 Å². The molecule has 0 aliphatic carbocycles. The van der Waals surface area contributed by atoms with Gasteiger partial charge in [-0.25, -0.2) is 13.2 Å². The number of rotatable bonds is 5. The van der Waals surface area contributed by atoms with Gasteiger partial charge in [0.2, 0.25) is 0 Å². The van der Waals surface area contributed by atoms with Crippen LogP contribution in [-0.2, 0) is 19.6 Å². The summed E-state index contributed by atoms with van der Waals surface area (Å²) in [6.07, 6.45) is 0.876. The highest BCUT2D eigenvalue weighted by Crippen LogP contribution is 2.16. The molecule has 0 saturated carbocycles. The Morgan fingerprint density at radius 3 is 2.67 bits per heavy atom. The van der Waals surface area contributed by atoms with Crippen LogP contribution in [0.2, 0.25) is 0 Å². The number of carboxylic acid groups (broad SMARTS) is 1. The summed E-state index contributed by atoms with van der Waals surface area (Å²) in [5, 5.41) is 13.7. The number of esters is 1. The summed E-state index contributed by atoms with van der Waals surface area (Å²) in [7, 11) is -1.91. The SMILES string of the molecule is COC(=O)CN(C)S(=O)(=O)c1[nH]ncc1C(=O)O. The number of carbonyl (C=O) groups is 2. The molecule has 1 heterocycles. The first-order valence-electron chi connectivity index (χ1n) is 4.60. The van der Waals surface area contributed by atoms with Crippen molar-refractivity contribution in [2.75, 3.05) is 20.7 Å². The molecule has 9 nitrogen and oxygen atoms in total. The fourth-order valence-corrected chi connectivity index (χ4v) is 2.28. The van der Waals surface area contributed by atoms with Gasteiger partial charge in [-0.05, 0) is 0 Å². The molecule has 0 amide bonds. The fraction of sp³-hybridized carbons (Fsp3) is 0.375. The predicted octanol–water partition coefficient (Wildman–Crippen LogP) is -1.10. The lowest BCUT2D eigenvalue weighted by atomic mass is 10.4. The lowest BCUT2D eigenvalue weighted by molar-refractivity contribution is -0.140. The Morgan fingerprint density at radius 1 is 1.56 bits per heavy atom. The summed E-state index contributed by atoms with van der Waals surface area (Å²) >= 11 is 0. The summed E-state index contributed by atoms with van der Waals surface area (Å²) in [6, 6.07) is 0. The minimum atomic E-state index is -4.14. The molecular weight excluding hydrogens is 266 g/mol. The van der Waals surface area contributed by atoms with E-state index in [0.29, 0.717) is 4.31 Å². The van der Waals surface area contributed by atoms with E-state index in [9.17, 15) is 18.0 Å². The number of nitrogens with zero attached hydrogens (tertiary/aromatic N) is 2. The van der Waals surface area contributed by atoms with Crippen molar-refractivity contribution in [3.8, 4) is 0 Å². The van der Waals surface area contributed by atoms with E-state index in [-0.39, 0.29) is 0 Å². The molecule has 0 unspecified atom stereocenters. The van der Waals surface area contributed by atoms with Crippen molar-refractivity contribution in [2.24, 2.45) is 0 Å². The lowest BCUT2D eigenvalue weighted by Crippen LogP contribution is -2.33. The molecule has 0 aliphatic heterocycles. The number of hydrogen-bond donors (Lipinski definition) is 2. The van der Waals surface area contributed by atoms with E-state index in [4.69, 9.17) is 5.11 Å². The summed E-state index contributed by atoms with van der Waals surface area (Å²) in [6.45, 7) is -0.531. The third kappa shape index (κ3) is 2.65. The molecular formula is C8H11N3O6S. The Labute approximate surface area is 102 Å². The van der Waals surface area contributed by atoms with Crippen LogP contribution in [-0.4, -0.2) is 60.7 Å². The van der Waals surface area contributed by atoms with Crippen molar-refractivity contribution in [3.63, 3.8) is 0 Å². The van der Waals surface area contributed by atoms with Crippen molar-refractivity contribution in [1.82, 2.24) is 14.5 Å². The minimum Gasteiger partial charge on any atom is -0.478 e. The molecule has 2 N–H and O–H groups in total. The Kier molecular flexibility index (Phi) is 4.03. The Bertz CT molecular complexity index is 563. The zero-order valence-electron chi connectivity index (χ0n) is 9.58. The highest BCUT2D eigenvalue weighted by molar-refractivity contribution is 7.89. The molecule has 0 radical (unpaired) electrons. The van der Waals surface area contributed by atoms with Crippen molar-refractivity contribution < 1.29 is 27.9 Å². The number of aromatic nitrogens is 2. The van der Waals surface area contributed by atoms with Gasteiger partial charge in [0.25, 0.3) is 10.0 Å². The molecule has 1 aromatic heterocycles. The third-order valence-corrected chi connectivity index (χ3v) is 3.86. The van der Waals surface area contributed by atoms with Gasteiger partial charge in [0.15, 0.2) is 5.03 Å². The molecule has 0 spiro atoms. The summed E-state index contributed by atoms with van der Waals surface area (Å²) in [5.41, 5.74) is -0.494. The van der Waals surface area contributed by atoms with Gasteiger partial charge in [0, 0.05) is 7.05 Å². The minimum absolute atomic E-state index is 0.494. The number of aromatic amines is 1. The first-order chi connectivity index (χ1) is 8.30. The van der Waals surface area contributed by atoms with Gasteiger partial charge in [0.1, 0.15) is 12.1 Å². The molecule has 10 heteroatoms. The van der Waals surface area contributed by atoms with E-state index >= 15 is 0 Å². The molecule has 1 aromatic rings. The van der Waals surface area contributed by atoms with Gasteiger partial charge < -0.3 is 9.84 Å². The van der Waals surface area contributed by atoms with E-state index in [0.717, 1.165) is 20.4 Å². The van der Waals surface area contributed by atoms with E-state index in [1.807, 2.05) is 0 Å². The number of aromatic carboxylic acids is 1. The molecule has 0 atom stereocenters. The molecule has 0 fully saturated rings. The van der Waals surface area contributed by atoms with Crippen molar-refractivity contribution in [1.29, 1.82) is 0 Å². The standard InChI is InChI=1S/C8H11N3O6S/c1-11(4-6(12)17-2)18(15,16)7-5(8(13)14)3-9-10-7/h3H,4H2,1-2H3,(H,9,10)(H,13,14). The van der Waals surface area contributed by atoms with Crippen LogP contribution in [0.3, 0.4) is 0 Å². The van der Waals surface area contributed by atoms with Gasteiger partial charge in [0.05, 0.1) is 13.3 Å². The maximum Gasteiger partial charge on any atom is 0.340 e. The highest BCUT2D eigenvalue weighted by atomic mass is 32.2. The second-order valence-corrected chi connectivity index (χ2v) is 5.24. The van der Waals surface area contributed by atoms with Crippen LogP contribution in [0.4, 0.5) is 0 Å². The second kappa shape index (κ2) is 5.14. The average molecular weight is 277 g/mol. The first-order valence-corrected chi connectivity index (χ1v) is 6.04. The molecule has 100 valence electrons. The van der Waals surface area contributed by atoms with Crippen molar-refractivity contribution >= 4 is 22.0 Å². The van der Waals surface area contributed by atoms with Crippen LogP contribution in [0.5, 0.6) is 0 Å². The average Bonchev–Trinajstić information content (AvgIpc) is 2.78. The van der Waals surface area contributed by atoms with Gasteiger partial charge in [-0.15, -0.1) is 0 Å². The van der Waals surface area contributed by atoms with E-state index in [2.05, 4.69) is 14.9 Å². The van der Waals surface area contributed by atoms with Crippen LogP contribution >= 0.6 is 0 Å². The Morgan fingerprint density at radius 2 is 2.17 bits per heavy atom. The van der Waals surface area contributed by atoms with Crippen molar-refractivity contribution in [3.05, 3.63) is 11.8 Å². The number of sulfonamides is 1.